The topological polar surface area (TPSA) is 94.0 Å². The van der Waals surface area contributed by atoms with Crippen molar-refractivity contribution in [3.05, 3.63) is 59.9 Å². The quantitative estimate of drug-likeness (QED) is 0.801. The molecule has 1 amide bonds. The van der Waals surface area contributed by atoms with Crippen LogP contribution in [0.2, 0.25) is 0 Å². The number of carbonyl (C=O) groups excluding carboxylic acids is 1. The molecule has 114 valence electrons. The van der Waals surface area contributed by atoms with Gasteiger partial charge in [-0.15, -0.1) is 24.8 Å². The molecule has 0 radical (unpaired) electrons. The molecular formula is C14H18Cl2N4O. The summed E-state index contributed by atoms with van der Waals surface area (Å²) in [4.78, 5) is 15.9. The SMILES string of the molecule is Cl.Cl.NC[C@@H](N)c1ccc(C(=O)Nc2ccncc2)cc1. The van der Waals surface area contributed by atoms with Crippen LogP contribution in [-0.4, -0.2) is 17.4 Å². The highest BCUT2D eigenvalue weighted by Crippen LogP contribution is 2.12. The first-order valence-electron chi connectivity index (χ1n) is 5.97. The van der Waals surface area contributed by atoms with Crippen molar-refractivity contribution in [3.8, 4) is 0 Å². The molecular weight excluding hydrogens is 311 g/mol. The molecule has 5 N–H and O–H groups in total. The predicted molar refractivity (Wildman–Crippen MR) is 89.1 cm³/mol. The average molecular weight is 329 g/mol. The van der Waals surface area contributed by atoms with E-state index in [-0.39, 0.29) is 36.8 Å². The Balaban J connectivity index is 0.00000200. The van der Waals surface area contributed by atoms with E-state index in [0.29, 0.717) is 17.8 Å². The van der Waals surface area contributed by atoms with Crippen LogP contribution in [-0.2, 0) is 0 Å². The number of hydrogen-bond acceptors (Lipinski definition) is 4. The van der Waals surface area contributed by atoms with E-state index in [4.69, 9.17) is 11.5 Å². The number of nitrogens with two attached hydrogens (primary N) is 2. The molecule has 0 spiro atoms. The summed E-state index contributed by atoms with van der Waals surface area (Å²) in [7, 11) is 0. The molecule has 0 aliphatic rings. The zero-order chi connectivity index (χ0) is 13.7. The highest BCUT2D eigenvalue weighted by molar-refractivity contribution is 6.04. The van der Waals surface area contributed by atoms with Crippen LogP contribution >= 0.6 is 24.8 Å². The van der Waals surface area contributed by atoms with Gasteiger partial charge in [-0.25, -0.2) is 0 Å². The summed E-state index contributed by atoms with van der Waals surface area (Å²) in [5.74, 6) is -0.168. The lowest BCUT2D eigenvalue weighted by atomic mass is 10.1. The van der Waals surface area contributed by atoms with Gasteiger partial charge in [-0.3, -0.25) is 9.78 Å². The van der Waals surface area contributed by atoms with E-state index in [1.54, 1.807) is 36.7 Å². The van der Waals surface area contributed by atoms with Crippen LogP contribution in [0, 0.1) is 0 Å². The lowest BCUT2D eigenvalue weighted by molar-refractivity contribution is 0.102. The third kappa shape index (κ3) is 5.32. The molecule has 21 heavy (non-hydrogen) atoms. The van der Waals surface area contributed by atoms with Crippen molar-refractivity contribution in [2.45, 2.75) is 6.04 Å². The molecule has 0 bridgehead atoms. The number of rotatable bonds is 4. The molecule has 5 nitrogen and oxygen atoms in total. The second-order valence-corrected chi connectivity index (χ2v) is 4.15. The van der Waals surface area contributed by atoms with Crippen molar-refractivity contribution in [2.24, 2.45) is 11.5 Å². The maximum Gasteiger partial charge on any atom is 0.255 e. The first-order chi connectivity index (χ1) is 9.20. The Labute approximate surface area is 136 Å². The van der Waals surface area contributed by atoms with Gasteiger partial charge in [0.1, 0.15) is 0 Å². The maximum absolute atomic E-state index is 12.0. The Morgan fingerprint density at radius 3 is 2.19 bits per heavy atom. The van der Waals surface area contributed by atoms with Crippen LogP contribution in [0.1, 0.15) is 22.0 Å². The fraction of sp³-hybridized carbons (Fsp3) is 0.143. The number of benzene rings is 1. The molecule has 1 atom stereocenters. The molecule has 2 aromatic rings. The smallest absolute Gasteiger partial charge is 0.255 e. The highest BCUT2D eigenvalue weighted by atomic mass is 35.5. The molecule has 1 aromatic carbocycles. The first kappa shape index (κ1) is 19.3. The van der Waals surface area contributed by atoms with Gasteiger partial charge in [0.25, 0.3) is 5.91 Å². The van der Waals surface area contributed by atoms with Gasteiger partial charge in [0, 0.05) is 36.2 Å². The van der Waals surface area contributed by atoms with Gasteiger partial charge in [0.15, 0.2) is 0 Å². The molecule has 7 heteroatoms. The fourth-order valence-electron chi connectivity index (χ4n) is 1.66. The average Bonchev–Trinajstić information content (AvgIpc) is 2.47. The molecule has 0 aliphatic heterocycles. The second-order valence-electron chi connectivity index (χ2n) is 4.15. The van der Waals surface area contributed by atoms with Crippen LogP contribution in [0.4, 0.5) is 5.69 Å². The van der Waals surface area contributed by atoms with Crippen LogP contribution in [0.3, 0.4) is 0 Å². The molecule has 0 saturated carbocycles. The summed E-state index contributed by atoms with van der Waals surface area (Å²) in [5, 5.41) is 2.79. The van der Waals surface area contributed by atoms with Gasteiger partial charge in [0.05, 0.1) is 0 Å². The van der Waals surface area contributed by atoms with E-state index in [0.717, 1.165) is 5.56 Å². The molecule has 0 saturated heterocycles. The molecule has 0 unspecified atom stereocenters. The third-order valence-corrected chi connectivity index (χ3v) is 2.79. The van der Waals surface area contributed by atoms with Crippen LogP contribution in [0.5, 0.6) is 0 Å². The van der Waals surface area contributed by atoms with Crippen molar-refractivity contribution >= 4 is 36.4 Å². The maximum atomic E-state index is 12.0. The minimum Gasteiger partial charge on any atom is -0.329 e. The summed E-state index contributed by atoms with van der Waals surface area (Å²) in [6.07, 6.45) is 3.25. The number of pyridine rings is 1. The number of anilines is 1. The van der Waals surface area contributed by atoms with Gasteiger partial charge >= 0.3 is 0 Å². The lowest BCUT2D eigenvalue weighted by Gasteiger charge is -2.10. The minimum atomic E-state index is -0.197. The minimum absolute atomic E-state index is 0. The molecule has 2 rings (SSSR count). The van der Waals surface area contributed by atoms with Crippen LogP contribution in [0.25, 0.3) is 0 Å². The van der Waals surface area contributed by atoms with Gasteiger partial charge < -0.3 is 16.8 Å². The summed E-state index contributed by atoms with van der Waals surface area (Å²) in [6.45, 7) is 0.378. The van der Waals surface area contributed by atoms with E-state index in [2.05, 4.69) is 10.3 Å². The number of carbonyl (C=O) groups is 1. The predicted octanol–water partition coefficient (Wildman–Crippen LogP) is 2.14. The van der Waals surface area contributed by atoms with E-state index in [1.165, 1.54) is 0 Å². The monoisotopic (exact) mass is 328 g/mol. The van der Waals surface area contributed by atoms with Gasteiger partial charge in [-0.05, 0) is 29.8 Å². The summed E-state index contributed by atoms with van der Waals surface area (Å²) >= 11 is 0. The Hall–Kier alpha value is -1.66. The number of hydrogen-bond donors (Lipinski definition) is 3. The van der Waals surface area contributed by atoms with E-state index >= 15 is 0 Å². The Morgan fingerprint density at radius 2 is 1.67 bits per heavy atom. The van der Waals surface area contributed by atoms with Crippen LogP contribution < -0.4 is 16.8 Å². The summed E-state index contributed by atoms with van der Waals surface area (Å²) in [5.41, 5.74) is 13.5. The zero-order valence-corrected chi connectivity index (χ0v) is 12.9. The standard InChI is InChI=1S/C14H16N4O.2ClH/c15-9-13(16)10-1-3-11(4-2-10)14(19)18-12-5-7-17-8-6-12;;/h1-8,13H,9,15-16H2,(H,17,18,19);2*1H/t13-;;/m1../s1. The number of aromatic nitrogens is 1. The van der Waals surface area contributed by atoms with E-state index < -0.39 is 0 Å². The number of amides is 1. The molecule has 1 heterocycles. The summed E-state index contributed by atoms with van der Waals surface area (Å²) < 4.78 is 0. The van der Waals surface area contributed by atoms with E-state index in [1.807, 2.05) is 12.1 Å². The highest BCUT2D eigenvalue weighted by Gasteiger charge is 2.08. The third-order valence-electron chi connectivity index (χ3n) is 2.79. The number of halogens is 2. The van der Waals surface area contributed by atoms with Gasteiger partial charge in [-0.1, -0.05) is 12.1 Å². The van der Waals surface area contributed by atoms with Gasteiger partial charge in [-0.2, -0.15) is 0 Å². The van der Waals surface area contributed by atoms with Gasteiger partial charge in [0.2, 0.25) is 0 Å². The Morgan fingerprint density at radius 1 is 1.10 bits per heavy atom. The molecule has 1 aromatic heterocycles. The molecule has 0 aliphatic carbocycles. The Kier molecular flexibility index (Phi) is 8.57. The van der Waals surface area contributed by atoms with Crippen LogP contribution in [0.15, 0.2) is 48.8 Å². The van der Waals surface area contributed by atoms with Crippen molar-refractivity contribution in [1.29, 1.82) is 0 Å². The zero-order valence-electron chi connectivity index (χ0n) is 11.2. The summed E-state index contributed by atoms with van der Waals surface area (Å²) in [6, 6.07) is 10.4. The van der Waals surface area contributed by atoms with Crippen molar-refractivity contribution in [2.75, 3.05) is 11.9 Å². The van der Waals surface area contributed by atoms with E-state index in [9.17, 15) is 4.79 Å². The Bertz CT molecular complexity index is 549. The normalized spacial score (nSPS) is 10.8. The largest absolute Gasteiger partial charge is 0.329 e. The first-order valence-corrected chi connectivity index (χ1v) is 5.97. The number of nitrogens with one attached hydrogen (secondary N) is 1. The lowest BCUT2D eigenvalue weighted by Crippen LogP contribution is -2.20. The number of nitrogens with zero attached hydrogens (tertiary/aromatic N) is 1. The van der Waals surface area contributed by atoms with Crippen molar-refractivity contribution in [3.63, 3.8) is 0 Å². The second kappa shape index (κ2) is 9.31. The van der Waals surface area contributed by atoms with Crippen molar-refractivity contribution < 1.29 is 4.79 Å². The fourth-order valence-corrected chi connectivity index (χ4v) is 1.66. The molecule has 0 fully saturated rings. The van der Waals surface area contributed by atoms with Crippen molar-refractivity contribution in [1.82, 2.24) is 4.98 Å².